The molecule has 1 aromatic heterocycles. The van der Waals surface area contributed by atoms with Crippen LogP contribution in [0.3, 0.4) is 0 Å². The predicted molar refractivity (Wildman–Crippen MR) is 158 cm³/mol. The van der Waals surface area contributed by atoms with Crippen molar-refractivity contribution in [3.05, 3.63) is 80.0 Å². The fourth-order valence-electron chi connectivity index (χ4n) is 4.23. The third-order valence-electron chi connectivity index (χ3n) is 6.44. The van der Waals surface area contributed by atoms with Gasteiger partial charge in [-0.15, -0.1) is 0 Å². The third kappa shape index (κ3) is 5.72. The van der Waals surface area contributed by atoms with E-state index in [2.05, 4.69) is 34.9 Å². The Morgan fingerprint density at radius 1 is 1.05 bits per heavy atom. The van der Waals surface area contributed by atoms with Gasteiger partial charge in [0, 0.05) is 15.6 Å². The molecule has 3 aromatic carbocycles. The molecule has 1 heterocycles. The maximum absolute atomic E-state index is 13.7. The molecule has 4 rings (SSSR count). The van der Waals surface area contributed by atoms with Crippen molar-refractivity contribution in [2.75, 3.05) is 14.2 Å². The molecule has 208 valence electrons. The summed E-state index contributed by atoms with van der Waals surface area (Å²) in [5.74, 6) is 0.793. The number of carbonyl (C=O) groups is 1. The summed E-state index contributed by atoms with van der Waals surface area (Å²) in [4.78, 5) is 29.8. The quantitative estimate of drug-likeness (QED) is 0.232. The molecule has 0 radical (unpaired) electrons. The molecule has 0 saturated carbocycles. The summed E-state index contributed by atoms with van der Waals surface area (Å²) in [6.45, 7) is 7.52. The van der Waals surface area contributed by atoms with E-state index in [1.54, 1.807) is 37.4 Å². The zero-order chi connectivity index (χ0) is 29.1. The van der Waals surface area contributed by atoms with Crippen LogP contribution in [0.15, 0.2) is 62.9 Å². The van der Waals surface area contributed by atoms with E-state index in [4.69, 9.17) is 19.2 Å². The smallest absolute Gasteiger partial charge is 0.344 e. The second-order valence-electron chi connectivity index (χ2n) is 9.50. The van der Waals surface area contributed by atoms with Crippen LogP contribution in [-0.4, -0.2) is 47.3 Å². The van der Waals surface area contributed by atoms with E-state index in [0.29, 0.717) is 32.5 Å². The van der Waals surface area contributed by atoms with Gasteiger partial charge in [0.15, 0.2) is 23.4 Å². The number of ether oxygens (including phenoxy) is 3. The van der Waals surface area contributed by atoms with Crippen molar-refractivity contribution >= 4 is 39.0 Å². The molecule has 0 aliphatic carbocycles. The number of rotatable bonds is 9. The first-order valence-corrected chi connectivity index (χ1v) is 13.4. The van der Waals surface area contributed by atoms with Crippen LogP contribution >= 0.6 is 15.9 Å². The lowest BCUT2D eigenvalue weighted by Crippen LogP contribution is -2.23. The Kier molecular flexibility index (Phi) is 8.58. The summed E-state index contributed by atoms with van der Waals surface area (Å²) in [6, 6.07) is 14.3. The van der Waals surface area contributed by atoms with Gasteiger partial charge in [-0.1, -0.05) is 26.0 Å². The van der Waals surface area contributed by atoms with E-state index in [0.717, 1.165) is 22.4 Å². The molecule has 10 heteroatoms. The summed E-state index contributed by atoms with van der Waals surface area (Å²) in [5.41, 5.74) is 3.44. The number of fused-ring (bicyclic) bond motifs is 1. The summed E-state index contributed by atoms with van der Waals surface area (Å²) >= 11 is 3.49. The molecule has 1 N–H and O–H groups in total. The molecule has 0 aliphatic rings. The number of halogens is 1. The summed E-state index contributed by atoms with van der Waals surface area (Å²) < 4.78 is 18.4. The number of hydrogen-bond acceptors (Lipinski definition) is 7. The molecular weight excluding hydrogens is 578 g/mol. The minimum absolute atomic E-state index is 0.173. The molecule has 9 nitrogen and oxygen atoms in total. The Hall–Kier alpha value is -4.18. The molecule has 4 aromatic rings. The average Bonchev–Trinajstić information content (AvgIpc) is 2.92. The van der Waals surface area contributed by atoms with E-state index in [1.165, 1.54) is 24.9 Å². The van der Waals surface area contributed by atoms with Crippen LogP contribution in [0.1, 0.15) is 43.4 Å². The minimum Gasteiger partial charge on any atom is -0.496 e. The second kappa shape index (κ2) is 11.9. The first kappa shape index (κ1) is 28.8. The van der Waals surface area contributed by atoms with Crippen LogP contribution in [0.25, 0.3) is 22.3 Å². The Balaban J connectivity index is 1.90. The lowest BCUT2D eigenvalue weighted by Gasteiger charge is -2.17. The van der Waals surface area contributed by atoms with Crippen molar-refractivity contribution in [3.63, 3.8) is 0 Å². The third-order valence-corrected chi connectivity index (χ3v) is 7.13. The van der Waals surface area contributed by atoms with Gasteiger partial charge in [0.05, 0.1) is 31.3 Å². The van der Waals surface area contributed by atoms with Crippen molar-refractivity contribution in [2.45, 2.75) is 39.7 Å². The fraction of sp³-hybridized carbons (Fsp3) is 0.267. The normalized spacial score (nSPS) is 12.2. The van der Waals surface area contributed by atoms with Gasteiger partial charge in [-0.2, -0.15) is 9.78 Å². The SMILES string of the molecule is COc1cc(C=Nn2c(-c3cc(C(C)C)c(OC)cc3C)nc3ccccc3c2=O)c(Br)cc1O[C@H](C)C(=O)O. The van der Waals surface area contributed by atoms with Gasteiger partial charge in [-0.05, 0) is 83.2 Å². The maximum atomic E-state index is 13.7. The van der Waals surface area contributed by atoms with E-state index in [1.807, 2.05) is 25.1 Å². The van der Waals surface area contributed by atoms with E-state index in [9.17, 15) is 14.7 Å². The molecule has 1 atom stereocenters. The second-order valence-corrected chi connectivity index (χ2v) is 10.4. The highest BCUT2D eigenvalue weighted by Crippen LogP contribution is 2.35. The monoisotopic (exact) mass is 607 g/mol. The molecule has 0 fully saturated rings. The van der Waals surface area contributed by atoms with Gasteiger partial charge in [0.2, 0.25) is 0 Å². The molecule has 0 unspecified atom stereocenters. The Morgan fingerprint density at radius 2 is 1.75 bits per heavy atom. The van der Waals surface area contributed by atoms with Crippen LogP contribution in [0.2, 0.25) is 0 Å². The van der Waals surface area contributed by atoms with Crippen molar-refractivity contribution in [1.29, 1.82) is 0 Å². The number of aryl methyl sites for hydroxylation is 1. The van der Waals surface area contributed by atoms with E-state index in [-0.39, 0.29) is 17.2 Å². The van der Waals surface area contributed by atoms with Crippen LogP contribution < -0.4 is 19.8 Å². The number of carboxylic acid groups (broad SMARTS) is 1. The number of para-hydroxylation sites is 1. The van der Waals surface area contributed by atoms with Gasteiger partial charge in [0.1, 0.15) is 5.75 Å². The van der Waals surface area contributed by atoms with Crippen LogP contribution in [0, 0.1) is 6.92 Å². The highest BCUT2D eigenvalue weighted by atomic mass is 79.9. The summed E-state index contributed by atoms with van der Waals surface area (Å²) in [6.07, 6.45) is 0.439. The van der Waals surface area contributed by atoms with Crippen LogP contribution in [0.4, 0.5) is 0 Å². The molecule has 0 amide bonds. The van der Waals surface area contributed by atoms with Gasteiger partial charge >= 0.3 is 5.97 Å². The number of nitrogens with zero attached hydrogens (tertiary/aromatic N) is 3. The number of carboxylic acids is 1. The largest absolute Gasteiger partial charge is 0.496 e. The number of benzene rings is 3. The van der Waals surface area contributed by atoms with Crippen molar-refractivity contribution < 1.29 is 24.1 Å². The molecule has 40 heavy (non-hydrogen) atoms. The lowest BCUT2D eigenvalue weighted by atomic mass is 9.96. The number of aromatic nitrogens is 2. The van der Waals surface area contributed by atoms with Gasteiger partial charge in [0.25, 0.3) is 5.56 Å². The number of aliphatic carboxylic acids is 1. The van der Waals surface area contributed by atoms with E-state index < -0.39 is 12.1 Å². The summed E-state index contributed by atoms with van der Waals surface area (Å²) in [7, 11) is 3.09. The van der Waals surface area contributed by atoms with Gasteiger partial charge in [-0.25, -0.2) is 9.78 Å². The van der Waals surface area contributed by atoms with Crippen molar-refractivity contribution in [3.8, 4) is 28.6 Å². The fourth-order valence-corrected chi connectivity index (χ4v) is 4.66. The number of hydrogen-bond donors (Lipinski definition) is 1. The highest BCUT2D eigenvalue weighted by molar-refractivity contribution is 9.10. The Bertz CT molecular complexity index is 1680. The minimum atomic E-state index is -1.10. The van der Waals surface area contributed by atoms with Crippen molar-refractivity contribution in [1.82, 2.24) is 9.66 Å². The van der Waals surface area contributed by atoms with Gasteiger partial charge in [-0.3, -0.25) is 4.79 Å². The van der Waals surface area contributed by atoms with E-state index >= 15 is 0 Å². The molecule has 0 aliphatic heterocycles. The lowest BCUT2D eigenvalue weighted by molar-refractivity contribution is -0.144. The first-order chi connectivity index (χ1) is 19.0. The van der Waals surface area contributed by atoms with Crippen LogP contribution in [0.5, 0.6) is 17.2 Å². The zero-order valence-corrected chi connectivity index (χ0v) is 24.6. The standard InChI is InChI=1S/C30H30BrN3O6/c1-16(2)21-13-22(17(3)11-25(21)38-5)28-33-24-10-8-7-9-20(24)29(35)34(28)32-15-19-12-26(39-6)27(14-23(19)31)40-18(4)30(36)37/h7-16,18H,1-6H3,(H,36,37)/t18-/m1/s1. The average molecular weight is 608 g/mol. The molecule has 0 spiro atoms. The first-order valence-electron chi connectivity index (χ1n) is 12.6. The summed E-state index contributed by atoms with van der Waals surface area (Å²) in [5, 5.41) is 14.2. The topological polar surface area (TPSA) is 112 Å². The van der Waals surface area contributed by atoms with Crippen LogP contribution in [-0.2, 0) is 4.79 Å². The Labute approximate surface area is 240 Å². The van der Waals surface area contributed by atoms with Crippen molar-refractivity contribution in [2.24, 2.45) is 5.10 Å². The molecule has 0 bridgehead atoms. The molecule has 0 saturated heterocycles. The predicted octanol–water partition coefficient (Wildman–Crippen LogP) is 6.01. The highest BCUT2D eigenvalue weighted by Gasteiger charge is 2.20. The van der Waals surface area contributed by atoms with Gasteiger partial charge < -0.3 is 19.3 Å². The Morgan fingerprint density at radius 3 is 2.40 bits per heavy atom. The zero-order valence-electron chi connectivity index (χ0n) is 23.1. The maximum Gasteiger partial charge on any atom is 0.344 e. The molecular formula is C30H30BrN3O6. The number of methoxy groups -OCH3 is 2.